The van der Waals surface area contributed by atoms with E-state index in [0.29, 0.717) is 4.57 Å². The van der Waals surface area contributed by atoms with E-state index in [9.17, 15) is 19.2 Å². The highest BCUT2D eigenvalue weighted by Crippen LogP contribution is 2.26. The fourth-order valence-electron chi connectivity index (χ4n) is 1.90. The lowest BCUT2D eigenvalue weighted by Crippen LogP contribution is -2.39. The van der Waals surface area contributed by atoms with Crippen molar-refractivity contribution in [1.82, 2.24) is 9.55 Å². The highest BCUT2D eigenvalue weighted by molar-refractivity contribution is 7.20. The first kappa shape index (κ1) is 14.0. The molecule has 106 valence electrons. The second kappa shape index (κ2) is 4.60. The van der Waals surface area contributed by atoms with Crippen LogP contribution in [-0.2, 0) is 4.79 Å². The molecule has 2 aromatic heterocycles. The van der Waals surface area contributed by atoms with Crippen LogP contribution in [0, 0.1) is 6.92 Å². The number of hydrogen-bond donors (Lipinski definition) is 3. The molecular formula is C11H10N2O6S. The van der Waals surface area contributed by atoms with Gasteiger partial charge >= 0.3 is 17.6 Å². The Morgan fingerprint density at radius 3 is 2.40 bits per heavy atom. The van der Waals surface area contributed by atoms with Crippen LogP contribution in [0.15, 0.2) is 9.59 Å². The van der Waals surface area contributed by atoms with Gasteiger partial charge in [-0.15, -0.1) is 11.3 Å². The molecule has 1 atom stereocenters. The minimum atomic E-state index is -1.34. The summed E-state index contributed by atoms with van der Waals surface area (Å²) in [5.41, 5.74) is -1.47. The van der Waals surface area contributed by atoms with Gasteiger partial charge in [-0.25, -0.2) is 19.0 Å². The number of hydrogen-bond acceptors (Lipinski definition) is 5. The molecule has 0 bridgehead atoms. The number of H-pyrrole nitrogens is 1. The molecule has 0 radical (unpaired) electrons. The Labute approximate surface area is 114 Å². The van der Waals surface area contributed by atoms with Crippen LogP contribution in [0.25, 0.3) is 10.2 Å². The van der Waals surface area contributed by atoms with Crippen molar-refractivity contribution in [3.63, 3.8) is 0 Å². The number of nitrogens with zero attached hydrogens (tertiary/aromatic N) is 1. The molecule has 0 fully saturated rings. The molecule has 20 heavy (non-hydrogen) atoms. The summed E-state index contributed by atoms with van der Waals surface area (Å²) in [4.78, 5) is 48.4. The molecule has 2 rings (SSSR count). The van der Waals surface area contributed by atoms with Gasteiger partial charge in [-0.2, -0.15) is 0 Å². The summed E-state index contributed by atoms with van der Waals surface area (Å²) in [6.45, 7) is 2.64. The van der Waals surface area contributed by atoms with Crippen molar-refractivity contribution in [2.45, 2.75) is 19.9 Å². The number of aryl methyl sites for hydroxylation is 1. The molecular weight excluding hydrogens is 288 g/mol. The third-order valence-electron chi connectivity index (χ3n) is 2.96. The summed E-state index contributed by atoms with van der Waals surface area (Å²) in [5, 5.41) is 18.0. The van der Waals surface area contributed by atoms with Crippen molar-refractivity contribution < 1.29 is 19.8 Å². The molecule has 0 saturated heterocycles. The molecule has 1 unspecified atom stereocenters. The van der Waals surface area contributed by atoms with E-state index in [-0.39, 0.29) is 20.7 Å². The van der Waals surface area contributed by atoms with Gasteiger partial charge in [0.2, 0.25) is 0 Å². The molecule has 0 aromatic carbocycles. The zero-order valence-electron chi connectivity index (χ0n) is 10.5. The van der Waals surface area contributed by atoms with Crippen molar-refractivity contribution in [3.05, 3.63) is 31.3 Å². The number of aromatic nitrogens is 2. The normalized spacial score (nSPS) is 12.5. The average Bonchev–Trinajstić information content (AvgIpc) is 2.66. The van der Waals surface area contributed by atoms with E-state index in [1.165, 1.54) is 13.8 Å². The predicted molar refractivity (Wildman–Crippen MR) is 70.7 cm³/mol. The highest BCUT2D eigenvalue weighted by atomic mass is 32.1. The predicted octanol–water partition coefficient (Wildman–Crippen LogP) is 0.404. The van der Waals surface area contributed by atoms with Crippen molar-refractivity contribution >= 4 is 33.5 Å². The Kier molecular flexibility index (Phi) is 3.22. The standard InChI is InChI=1S/C11H10N2O6S/c1-3-5-7(20-6(3)10(17)18)12-11(19)13(8(5)14)4(2)9(15)16/h4H,1-2H3,(H,12,19)(H,15,16)(H,17,18). The number of aliphatic carboxylic acids is 1. The molecule has 0 amide bonds. The summed E-state index contributed by atoms with van der Waals surface area (Å²) in [6, 6.07) is -1.34. The second-order valence-corrected chi connectivity index (χ2v) is 5.21. The Bertz CT molecular complexity index is 843. The van der Waals surface area contributed by atoms with Gasteiger partial charge in [0.25, 0.3) is 5.56 Å². The topological polar surface area (TPSA) is 129 Å². The van der Waals surface area contributed by atoms with Gasteiger partial charge in [-0.05, 0) is 19.4 Å². The summed E-state index contributed by atoms with van der Waals surface area (Å²) in [6.07, 6.45) is 0. The lowest BCUT2D eigenvalue weighted by Gasteiger charge is -2.08. The Balaban J connectivity index is 2.92. The summed E-state index contributed by atoms with van der Waals surface area (Å²) in [5.74, 6) is -2.54. The number of nitrogens with one attached hydrogen (secondary N) is 1. The molecule has 0 spiro atoms. The van der Waals surface area contributed by atoms with E-state index in [4.69, 9.17) is 10.2 Å². The van der Waals surface area contributed by atoms with E-state index >= 15 is 0 Å². The monoisotopic (exact) mass is 298 g/mol. The maximum Gasteiger partial charge on any atom is 0.346 e. The lowest BCUT2D eigenvalue weighted by molar-refractivity contribution is -0.140. The molecule has 8 nitrogen and oxygen atoms in total. The number of carbonyl (C=O) groups is 2. The maximum absolute atomic E-state index is 12.2. The van der Waals surface area contributed by atoms with E-state index in [0.717, 1.165) is 11.3 Å². The Morgan fingerprint density at radius 2 is 1.90 bits per heavy atom. The van der Waals surface area contributed by atoms with Crippen LogP contribution < -0.4 is 11.2 Å². The maximum atomic E-state index is 12.2. The molecule has 0 saturated carbocycles. The van der Waals surface area contributed by atoms with Gasteiger partial charge in [0.05, 0.1) is 5.39 Å². The zero-order chi connectivity index (χ0) is 15.2. The smallest absolute Gasteiger partial charge is 0.346 e. The summed E-state index contributed by atoms with van der Waals surface area (Å²) >= 11 is 0.773. The molecule has 0 aliphatic carbocycles. The van der Waals surface area contributed by atoms with Crippen molar-refractivity contribution in [3.8, 4) is 0 Å². The van der Waals surface area contributed by atoms with Gasteiger partial charge in [-0.1, -0.05) is 0 Å². The lowest BCUT2D eigenvalue weighted by atomic mass is 10.2. The van der Waals surface area contributed by atoms with Crippen molar-refractivity contribution in [2.24, 2.45) is 0 Å². The number of fused-ring (bicyclic) bond motifs is 1. The van der Waals surface area contributed by atoms with Gasteiger partial charge in [0, 0.05) is 0 Å². The number of thiophene rings is 1. The average molecular weight is 298 g/mol. The molecule has 0 aliphatic heterocycles. The molecule has 2 heterocycles. The third-order valence-corrected chi connectivity index (χ3v) is 4.15. The molecule has 2 aromatic rings. The Morgan fingerprint density at radius 1 is 1.30 bits per heavy atom. The first-order valence-electron chi connectivity index (χ1n) is 5.49. The van der Waals surface area contributed by atoms with Crippen LogP contribution in [0.4, 0.5) is 0 Å². The number of aromatic amines is 1. The van der Waals surface area contributed by atoms with Gasteiger partial charge in [0.15, 0.2) is 0 Å². The second-order valence-electron chi connectivity index (χ2n) is 4.18. The fourth-order valence-corrected chi connectivity index (χ4v) is 2.92. The number of carboxylic acid groups (broad SMARTS) is 2. The molecule has 9 heteroatoms. The van der Waals surface area contributed by atoms with Crippen LogP contribution in [0.1, 0.15) is 28.2 Å². The van der Waals surface area contributed by atoms with Crippen molar-refractivity contribution in [2.75, 3.05) is 0 Å². The summed E-state index contributed by atoms with van der Waals surface area (Å²) < 4.78 is 0.565. The van der Waals surface area contributed by atoms with Crippen LogP contribution in [0.5, 0.6) is 0 Å². The SMILES string of the molecule is Cc1c(C(=O)O)sc2[nH]c(=O)n(C(C)C(=O)O)c(=O)c12. The third kappa shape index (κ3) is 1.92. The number of carboxylic acids is 2. The highest BCUT2D eigenvalue weighted by Gasteiger charge is 2.23. The first-order valence-corrected chi connectivity index (χ1v) is 6.31. The van der Waals surface area contributed by atoms with Gasteiger partial charge in [-0.3, -0.25) is 9.78 Å². The Hall–Kier alpha value is -2.42. The molecule has 3 N–H and O–H groups in total. The summed E-state index contributed by atoms with van der Waals surface area (Å²) in [7, 11) is 0. The van der Waals surface area contributed by atoms with Crippen molar-refractivity contribution in [1.29, 1.82) is 0 Å². The minimum absolute atomic E-state index is 0.0279. The van der Waals surface area contributed by atoms with Crippen LogP contribution in [0.3, 0.4) is 0 Å². The van der Waals surface area contributed by atoms with E-state index in [1.807, 2.05) is 0 Å². The zero-order valence-corrected chi connectivity index (χ0v) is 11.3. The van der Waals surface area contributed by atoms with Crippen LogP contribution in [0.2, 0.25) is 0 Å². The number of aromatic carboxylic acids is 1. The largest absolute Gasteiger partial charge is 0.480 e. The van der Waals surface area contributed by atoms with E-state index in [2.05, 4.69) is 4.98 Å². The first-order chi connectivity index (χ1) is 9.25. The van der Waals surface area contributed by atoms with Crippen LogP contribution in [-0.4, -0.2) is 31.7 Å². The van der Waals surface area contributed by atoms with Gasteiger partial charge < -0.3 is 10.2 Å². The molecule has 0 aliphatic rings. The quantitative estimate of drug-likeness (QED) is 0.752. The number of rotatable bonds is 3. The fraction of sp³-hybridized carbons (Fsp3) is 0.273. The van der Waals surface area contributed by atoms with Crippen LogP contribution >= 0.6 is 11.3 Å². The van der Waals surface area contributed by atoms with E-state index < -0.39 is 29.2 Å². The van der Waals surface area contributed by atoms with E-state index in [1.54, 1.807) is 0 Å². The minimum Gasteiger partial charge on any atom is -0.480 e. The van der Waals surface area contributed by atoms with Gasteiger partial charge in [0.1, 0.15) is 15.7 Å².